The Morgan fingerprint density at radius 3 is 2.44 bits per heavy atom. The molecular formula is C11H7BrF3NO2. The van der Waals surface area contributed by atoms with E-state index >= 15 is 0 Å². The molecule has 1 aliphatic carbocycles. The Morgan fingerprint density at radius 2 is 2.00 bits per heavy atom. The number of phenolic OH excluding ortho intramolecular Hbond substituents is 1. The molecule has 0 heterocycles. The highest BCUT2D eigenvalue weighted by molar-refractivity contribution is 9.10. The van der Waals surface area contributed by atoms with Crippen LogP contribution in [0.15, 0.2) is 21.6 Å². The molecule has 1 N–H and O–H groups in total. The van der Waals surface area contributed by atoms with Gasteiger partial charge in [0.2, 0.25) is 6.08 Å². The standard InChI is InChI=1S/C11H7BrF3NO2/c12-8-3-6(10(1-2-10)16-5-17)7(4-9(8)18)11(13,14)15/h3-4,18H,1-2H2. The topological polar surface area (TPSA) is 49.7 Å². The van der Waals surface area contributed by atoms with Gasteiger partial charge in [-0.25, -0.2) is 4.79 Å². The van der Waals surface area contributed by atoms with Gasteiger partial charge in [0.05, 0.1) is 15.6 Å². The molecule has 0 amide bonds. The van der Waals surface area contributed by atoms with E-state index in [9.17, 15) is 23.1 Å². The zero-order chi connectivity index (χ0) is 13.6. The summed E-state index contributed by atoms with van der Waals surface area (Å²) in [6.07, 6.45) is -2.57. The van der Waals surface area contributed by atoms with Crippen LogP contribution in [-0.4, -0.2) is 11.2 Å². The predicted molar refractivity (Wildman–Crippen MR) is 59.8 cm³/mol. The molecule has 2 rings (SSSR count). The van der Waals surface area contributed by atoms with Crippen molar-refractivity contribution >= 4 is 22.0 Å². The minimum absolute atomic E-state index is 0.108. The average Bonchev–Trinajstić information content (AvgIpc) is 3.01. The molecule has 3 nitrogen and oxygen atoms in total. The second kappa shape index (κ2) is 4.10. The third-order valence-corrected chi connectivity index (χ3v) is 3.51. The molecule has 1 aliphatic rings. The van der Waals surface area contributed by atoms with Crippen molar-refractivity contribution in [2.45, 2.75) is 24.6 Å². The SMILES string of the molecule is O=C=NC1(c2cc(Br)c(O)cc2C(F)(F)F)CC1. The molecule has 1 aromatic carbocycles. The van der Waals surface area contributed by atoms with Crippen LogP contribution in [0.4, 0.5) is 13.2 Å². The fourth-order valence-corrected chi connectivity index (χ4v) is 2.17. The zero-order valence-electron chi connectivity index (χ0n) is 8.88. The van der Waals surface area contributed by atoms with Crippen LogP contribution in [0.1, 0.15) is 24.0 Å². The predicted octanol–water partition coefficient (Wildman–Crippen LogP) is 3.50. The van der Waals surface area contributed by atoms with E-state index in [0.717, 1.165) is 6.07 Å². The van der Waals surface area contributed by atoms with Gasteiger partial charge in [-0.05, 0) is 46.5 Å². The number of isocyanates is 1. The molecule has 0 bridgehead atoms. The Hall–Kier alpha value is -1.33. The quantitative estimate of drug-likeness (QED) is 0.669. The second-order valence-electron chi connectivity index (χ2n) is 4.08. The van der Waals surface area contributed by atoms with E-state index in [2.05, 4.69) is 20.9 Å². The van der Waals surface area contributed by atoms with Gasteiger partial charge in [0.25, 0.3) is 0 Å². The van der Waals surface area contributed by atoms with Gasteiger partial charge in [-0.2, -0.15) is 18.2 Å². The van der Waals surface area contributed by atoms with Crippen LogP contribution in [0.3, 0.4) is 0 Å². The maximum absolute atomic E-state index is 12.9. The summed E-state index contributed by atoms with van der Waals surface area (Å²) in [5, 5.41) is 9.35. The number of benzene rings is 1. The molecule has 0 aromatic heterocycles. The molecule has 0 aliphatic heterocycles. The first kappa shape index (κ1) is 13.1. The van der Waals surface area contributed by atoms with Crippen molar-refractivity contribution in [1.82, 2.24) is 0 Å². The number of aliphatic imine (C=N–C) groups is 1. The van der Waals surface area contributed by atoms with E-state index in [-0.39, 0.29) is 10.0 Å². The lowest BCUT2D eigenvalue weighted by molar-refractivity contribution is -0.138. The molecule has 96 valence electrons. The summed E-state index contributed by atoms with van der Waals surface area (Å²) in [6.45, 7) is 0. The van der Waals surface area contributed by atoms with Crippen LogP contribution in [-0.2, 0) is 16.5 Å². The minimum Gasteiger partial charge on any atom is -0.507 e. The minimum atomic E-state index is -4.61. The van der Waals surface area contributed by atoms with E-state index in [4.69, 9.17) is 0 Å². The monoisotopic (exact) mass is 321 g/mol. The highest BCUT2D eigenvalue weighted by Gasteiger charge is 2.50. The van der Waals surface area contributed by atoms with Gasteiger partial charge >= 0.3 is 6.18 Å². The third-order valence-electron chi connectivity index (χ3n) is 2.88. The van der Waals surface area contributed by atoms with Crippen LogP contribution < -0.4 is 0 Å². The summed E-state index contributed by atoms with van der Waals surface area (Å²) in [5.41, 5.74) is -2.22. The molecular weight excluding hydrogens is 315 g/mol. The second-order valence-corrected chi connectivity index (χ2v) is 4.94. The highest BCUT2D eigenvalue weighted by Crippen LogP contribution is 2.54. The average molecular weight is 322 g/mol. The Kier molecular flexibility index (Phi) is 2.99. The van der Waals surface area contributed by atoms with E-state index < -0.39 is 23.0 Å². The first-order chi connectivity index (χ1) is 8.30. The van der Waals surface area contributed by atoms with Crippen LogP contribution in [0.5, 0.6) is 5.75 Å². The maximum atomic E-state index is 12.9. The number of rotatable bonds is 2. The van der Waals surface area contributed by atoms with Gasteiger partial charge in [-0.15, -0.1) is 0 Å². The van der Waals surface area contributed by atoms with Gasteiger partial charge in [0.15, 0.2) is 0 Å². The summed E-state index contributed by atoms with van der Waals surface area (Å²) in [4.78, 5) is 13.8. The Balaban J connectivity index is 2.66. The van der Waals surface area contributed by atoms with Crippen LogP contribution in [0, 0.1) is 0 Å². The largest absolute Gasteiger partial charge is 0.507 e. The number of nitrogens with zero attached hydrogens (tertiary/aromatic N) is 1. The van der Waals surface area contributed by atoms with E-state index in [1.54, 1.807) is 0 Å². The summed E-state index contributed by atoms with van der Waals surface area (Å²) in [7, 11) is 0. The van der Waals surface area contributed by atoms with Crippen molar-refractivity contribution in [1.29, 1.82) is 0 Å². The van der Waals surface area contributed by atoms with Crippen molar-refractivity contribution in [2.24, 2.45) is 4.99 Å². The van der Waals surface area contributed by atoms with Crippen molar-refractivity contribution in [2.75, 3.05) is 0 Å². The molecule has 18 heavy (non-hydrogen) atoms. The van der Waals surface area contributed by atoms with E-state index in [1.165, 1.54) is 6.08 Å². The number of phenols is 1. The molecule has 0 spiro atoms. The number of halogens is 4. The molecule has 0 saturated heterocycles. The first-order valence-corrected chi connectivity index (χ1v) is 5.79. The lowest BCUT2D eigenvalue weighted by Gasteiger charge is -2.17. The van der Waals surface area contributed by atoms with Crippen LogP contribution in [0.25, 0.3) is 0 Å². The lowest BCUT2D eigenvalue weighted by atomic mass is 9.98. The summed E-state index contributed by atoms with van der Waals surface area (Å²) >= 11 is 2.96. The number of alkyl halides is 3. The Morgan fingerprint density at radius 1 is 1.39 bits per heavy atom. The van der Waals surface area contributed by atoms with Gasteiger partial charge in [0, 0.05) is 0 Å². The van der Waals surface area contributed by atoms with E-state index in [1.807, 2.05) is 0 Å². The van der Waals surface area contributed by atoms with Crippen LogP contribution >= 0.6 is 15.9 Å². The molecule has 7 heteroatoms. The first-order valence-electron chi connectivity index (χ1n) is 4.99. The Bertz CT molecular complexity index is 546. The van der Waals surface area contributed by atoms with Gasteiger partial charge in [0.1, 0.15) is 5.75 Å². The van der Waals surface area contributed by atoms with Gasteiger partial charge in [-0.1, -0.05) is 0 Å². The molecule has 1 fully saturated rings. The smallest absolute Gasteiger partial charge is 0.416 e. The molecule has 0 unspecified atom stereocenters. The molecule has 0 atom stereocenters. The summed E-state index contributed by atoms with van der Waals surface area (Å²) in [6, 6.07) is 1.80. The molecule has 1 aromatic rings. The fraction of sp³-hybridized carbons (Fsp3) is 0.364. The highest BCUT2D eigenvalue weighted by atomic mass is 79.9. The van der Waals surface area contributed by atoms with Crippen LogP contribution in [0.2, 0.25) is 0 Å². The van der Waals surface area contributed by atoms with Crippen molar-refractivity contribution in [3.05, 3.63) is 27.7 Å². The zero-order valence-corrected chi connectivity index (χ0v) is 10.5. The van der Waals surface area contributed by atoms with Gasteiger partial charge in [-0.3, -0.25) is 0 Å². The van der Waals surface area contributed by atoms with Crippen molar-refractivity contribution in [3.63, 3.8) is 0 Å². The number of carbonyl (C=O) groups excluding carboxylic acids is 1. The number of aromatic hydroxyl groups is 1. The summed E-state index contributed by atoms with van der Waals surface area (Å²) < 4.78 is 38.8. The Labute approximate surface area is 108 Å². The third kappa shape index (κ3) is 2.15. The van der Waals surface area contributed by atoms with Crippen molar-refractivity contribution < 1.29 is 23.1 Å². The van der Waals surface area contributed by atoms with Gasteiger partial charge < -0.3 is 5.11 Å². The fourth-order valence-electron chi connectivity index (χ4n) is 1.83. The normalized spacial score (nSPS) is 17.1. The number of hydrogen-bond acceptors (Lipinski definition) is 3. The maximum Gasteiger partial charge on any atom is 0.416 e. The summed E-state index contributed by atoms with van der Waals surface area (Å²) in [5.74, 6) is -0.503. The van der Waals surface area contributed by atoms with E-state index in [0.29, 0.717) is 18.9 Å². The number of hydrogen-bond donors (Lipinski definition) is 1. The molecule has 1 saturated carbocycles. The lowest BCUT2D eigenvalue weighted by Crippen LogP contribution is -2.15. The van der Waals surface area contributed by atoms with Crippen molar-refractivity contribution in [3.8, 4) is 5.75 Å². The molecule has 0 radical (unpaired) electrons.